The molecule has 1 atom stereocenters. The molecule has 2 aliphatic heterocycles. The van der Waals surface area contributed by atoms with Gasteiger partial charge in [-0.2, -0.15) is 0 Å². The summed E-state index contributed by atoms with van der Waals surface area (Å²) in [6.45, 7) is 4.30. The molecular weight excluding hydrogens is 244 g/mol. The maximum absolute atomic E-state index is 12.0. The number of aromatic nitrogens is 2. The average molecular weight is 264 g/mol. The van der Waals surface area contributed by atoms with Crippen LogP contribution in [0.3, 0.4) is 0 Å². The van der Waals surface area contributed by atoms with E-state index in [1.165, 1.54) is 0 Å². The Morgan fingerprint density at radius 2 is 2.32 bits per heavy atom. The van der Waals surface area contributed by atoms with Crippen molar-refractivity contribution in [2.24, 2.45) is 0 Å². The van der Waals surface area contributed by atoms with E-state index in [0.29, 0.717) is 11.7 Å². The van der Waals surface area contributed by atoms with Crippen LogP contribution in [0.1, 0.15) is 22.7 Å². The first kappa shape index (κ1) is 12.6. The van der Waals surface area contributed by atoms with Crippen LogP contribution < -0.4 is 0 Å². The van der Waals surface area contributed by atoms with Crippen LogP contribution in [0, 0.1) is 0 Å². The molecule has 1 aromatic heterocycles. The summed E-state index contributed by atoms with van der Waals surface area (Å²) in [7, 11) is 3.54. The average Bonchev–Trinajstić information content (AvgIpc) is 3.06. The largest absolute Gasteiger partial charge is 0.380 e. The normalized spacial score (nSPS) is 23.4. The third-order valence-corrected chi connectivity index (χ3v) is 3.94. The highest BCUT2D eigenvalue weighted by Crippen LogP contribution is 2.20. The second-order valence-electron chi connectivity index (χ2n) is 5.40. The third-order valence-electron chi connectivity index (χ3n) is 3.94. The van der Waals surface area contributed by atoms with Gasteiger partial charge >= 0.3 is 0 Å². The molecule has 0 radical (unpaired) electrons. The van der Waals surface area contributed by atoms with Gasteiger partial charge in [-0.25, -0.2) is 4.98 Å². The molecule has 0 aromatic carbocycles. The second kappa shape index (κ2) is 4.94. The van der Waals surface area contributed by atoms with Crippen LogP contribution in [0.15, 0.2) is 6.20 Å². The first-order valence-corrected chi connectivity index (χ1v) is 6.74. The highest BCUT2D eigenvalue weighted by atomic mass is 16.5. The van der Waals surface area contributed by atoms with Gasteiger partial charge in [-0.1, -0.05) is 0 Å². The van der Waals surface area contributed by atoms with E-state index in [0.717, 1.165) is 45.1 Å². The first-order valence-electron chi connectivity index (χ1n) is 6.74. The lowest BCUT2D eigenvalue weighted by molar-refractivity contribution is 0.0807. The van der Waals surface area contributed by atoms with Crippen molar-refractivity contribution in [2.75, 3.05) is 33.9 Å². The van der Waals surface area contributed by atoms with Gasteiger partial charge in [-0.15, -0.1) is 0 Å². The standard InChI is InChI=1S/C13H20N4O2/c1-15(2)13(18)11-7-14-12-8-16(4-5-17(11)12)10-3-6-19-9-10/h7,10H,3-6,8-9H2,1-2H3. The molecule has 6 nitrogen and oxygen atoms in total. The molecule has 1 amide bonds. The molecule has 2 aliphatic rings. The van der Waals surface area contributed by atoms with Crippen molar-refractivity contribution in [3.05, 3.63) is 17.7 Å². The molecule has 104 valence electrons. The molecule has 1 unspecified atom stereocenters. The van der Waals surface area contributed by atoms with Crippen molar-refractivity contribution in [1.29, 1.82) is 0 Å². The Labute approximate surface area is 113 Å². The quantitative estimate of drug-likeness (QED) is 0.765. The van der Waals surface area contributed by atoms with Crippen LogP contribution in [-0.4, -0.2) is 65.2 Å². The maximum Gasteiger partial charge on any atom is 0.271 e. The van der Waals surface area contributed by atoms with E-state index in [9.17, 15) is 4.79 Å². The van der Waals surface area contributed by atoms with Crippen LogP contribution >= 0.6 is 0 Å². The summed E-state index contributed by atoms with van der Waals surface area (Å²) < 4.78 is 7.49. The van der Waals surface area contributed by atoms with Crippen molar-refractivity contribution in [3.8, 4) is 0 Å². The summed E-state index contributed by atoms with van der Waals surface area (Å²) in [5.74, 6) is 1.01. The number of imidazole rings is 1. The number of nitrogens with zero attached hydrogens (tertiary/aromatic N) is 4. The fourth-order valence-corrected chi connectivity index (χ4v) is 2.80. The SMILES string of the molecule is CN(C)C(=O)c1cnc2n1CCN(C1CCOC1)C2. The van der Waals surface area contributed by atoms with Gasteiger partial charge in [-0.05, 0) is 6.42 Å². The first-order chi connectivity index (χ1) is 9.16. The van der Waals surface area contributed by atoms with Crippen LogP contribution in [-0.2, 0) is 17.8 Å². The number of fused-ring (bicyclic) bond motifs is 1. The van der Waals surface area contributed by atoms with Crippen molar-refractivity contribution < 1.29 is 9.53 Å². The van der Waals surface area contributed by atoms with Crippen LogP contribution in [0.25, 0.3) is 0 Å². The minimum absolute atomic E-state index is 0.0244. The highest BCUT2D eigenvalue weighted by Gasteiger charge is 2.29. The molecule has 1 saturated heterocycles. The number of carbonyl (C=O) groups is 1. The summed E-state index contributed by atoms with van der Waals surface area (Å²) in [5.41, 5.74) is 0.697. The van der Waals surface area contributed by atoms with E-state index in [4.69, 9.17) is 4.74 Å². The molecule has 0 spiro atoms. The van der Waals surface area contributed by atoms with Gasteiger partial charge in [0.05, 0.1) is 19.3 Å². The zero-order valence-electron chi connectivity index (χ0n) is 11.5. The van der Waals surface area contributed by atoms with E-state index in [-0.39, 0.29) is 5.91 Å². The van der Waals surface area contributed by atoms with Crippen molar-refractivity contribution >= 4 is 5.91 Å². The molecule has 6 heteroatoms. The van der Waals surface area contributed by atoms with E-state index < -0.39 is 0 Å². The van der Waals surface area contributed by atoms with Crippen LogP contribution in [0.2, 0.25) is 0 Å². The Morgan fingerprint density at radius 1 is 1.47 bits per heavy atom. The fourth-order valence-electron chi connectivity index (χ4n) is 2.80. The fraction of sp³-hybridized carbons (Fsp3) is 0.692. The predicted octanol–water partition coefficient (Wildman–Crippen LogP) is 0.189. The zero-order valence-corrected chi connectivity index (χ0v) is 11.5. The molecule has 1 fully saturated rings. The monoisotopic (exact) mass is 264 g/mol. The number of hydrogen-bond donors (Lipinski definition) is 0. The Hall–Kier alpha value is -1.40. The van der Waals surface area contributed by atoms with Gasteiger partial charge in [0.25, 0.3) is 5.91 Å². The molecule has 0 aliphatic carbocycles. The van der Waals surface area contributed by atoms with Gasteiger partial charge in [0.2, 0.25) is 0 Å². The highest BCUT2D eigenvalue weighted by molar-refractivity contribution is 5.92. The lowest BCUT2D eigenvalue weighted by Gasteiger charge is -2.32. The maximum atomic E-state index is 12.0. The molecule has 1 aromatic rings. The Morgan fingerprint density at radius 3 is 3.00 bits per heavy atom. The van der Waals surface area contributed by atoms with Crippen LogP contribution in [0.5, 0.6) is 0 Å². The molecule has 3 rings (SSSR count). The molecule has 0 bridgehead atoms. The zero-order chi connectivity index (χ0) is 13.4. The summed E-state index contributed by atoms with van der Waals surface area (Å²) in [6.07, 6.45) is 2.80. The van der Waals surface area contributed by atoms with Crippen LogP contribution in [0.4, 0.5) is 0 Å². The van der Waals surface area contributed by atoms with Crippen molar-refractivity contribution in [3.63, 3.8) is 0 Å². The van der Waals surface area contributed by atoms with Gasteiger partial charge in [0.15, 0.2) is 0 Å². The lowest BCUT2D eigenvalue weighted by atomic mass is 10.2. The van der Waals surface area contributed by atoms with Crippen molar-refractivity contribution in [1.82, 2.24) is 19.4 Å². The van der Waals surface area contributed by atoms with Gasteiger partial charge in [0.1, 0.15) is 11.5 Å². The number of carbonyl (C=O) groups excluding carboxylic acids is 1. The van der Waals surface area contributed by atoms with Gasteiger partial charge in [0, 0.05) is 39.8 Å². The Balaban J connectivity index is 1.78. The lowest BCUT2D eigenvalue weighted by Crippen LogP contribution is -2.42. The van der Waals surface area contributed by atoms with Gasteiger partial charge < -0.3 is 14.2 Å². The topological polar surface area (TPSA) is 50.6 Å². The summed E-state index contributed by atoms with van der Waals surface area (Å²) in [5, 5.41) is 0. The van der Waals surface area contributed by atoms with E-state index in [1.807, 2.05) is 0 Å². The second-order valence-corrected chi connectivity index (χ2v) is 5.40. The van der Waals surface area contributed by atoms with E-state index in [2.05, 4.69) is 14.5 Å². The summed E-state index contributed by atoms with van der Waals surface area (Å²) in [6, 6.07) is 0.512. The molecule has 0 saturated carbocycles. The van der Waals surface area contributed by atoms with E-state index in [1.54, 1.807) is 25.2 Å². The molecule has 19 heavy (non-hydrogen) atoms. The van der Waals surface area contributed by atoms with Gasteiger partial charge in [-0.3, -0.25) is 9.69 Å². The Bertz CT molecular complexity index is 477. The number of rotatable bonds is 2. The number of amides is 1. The summed E-state index contributed by atoms with van der Waals surface area (Å²) >= 11 is 0. The smallest absolute Gasteiger partial charge is 0.271 e. The number of ether oxygens (including phenoxy) is 1. The molecular formula is C13H20N4O2. The Kier molecular flexibility index (Phi) is 3.28. The third kappa shape index (κ3) is 2.26. The van der Waals surface area contributed by atoms with E-state index >= 15 is 0 Å². The summed E-state index contributed by atoms with van der Waals surface area (Å²) in [4.78, 5) is 20.5. The minimum atomic E-state index is 0.0244. The van der Waals surface area contributed by atoms with Crippen molar-refractivity contribution in [2.45, 2.75) is 25.6 Å². The molecule has 3 heterocycles. The number of hydrogen-bond acceptors (Lipinski definition) is 4. The molecule has 0 N–H and O–H groups in total. The minimum Gasteiger partial charge on any atom is -0.380 e. The predicted molar refractivity (Wildman–Crippen MR) is 69.9 cm³/mol.